The fourth-order valence-corrected chi connectivity index (χ4v) is 3.49. The van der Waals surface area contributed by atoms with E-state index < -0.39 is 6.03 Å². The number of nitrogens with one attached hydrogen (secondary N) is 2. The molecule has 0 radical (unpaired) electrons. The fraction of sp³-hybridized carbons (Fsp3) is 0.294. The summed E-state index contributed by atoms with van der Waals surface area (Å²) in [5, 5.41) is 5.21. The Morgan fingerprint density at radius 1 is 1.27 bits per heavy atom. The number of benzene rings is 1. The highest BCUT2D eigenvalue weighted by molar-refractivity contribution is 7.09. The van der Waals surface area contributed by atoms with Crippen molar-refractivity contribution in [3.05, 3.63) is 50.1 Å². The average Bonchev–Trinajstić information content (AvgIpc) is 3.02. The van der Waals surface area contributed by atoms with Crippen molar-refractivity contribution in [2.45, 2.75) is 26.9 Å². The maximum atomic E-state index is 12.3. The molecule has 1 fully saturated rings. The quantitative estimate of drug-likeness (QED) is 0.769. The van der Waals surface area contributed by atoms with E-state index in [1.54, 1.807) is 31.2 Å². The predicted octanol–water partition coefficient (Wildman–Crippen LogP) is 1.22. The Balaban J connectivity index is 1.68. The van der Waals surface area contributed by atoms with Gasteiger partial charge >= 0.3 is 10.9 Å². The van der Waals surface area contributed by atoms with E-state index >= 15 is 0 Å². The summed E-state index contributed by atoms with van der Waals surface area (Å²) in [7, 11) is 0. The first-order valence-electron chi connectivity index (χ1n) is 7.99. The Morgan fingerprint density at radius 3 is 2.65 bits per heavy atom. The van der Waals surface area contributed by atoms with Crippen LogP contribution in [0.5, 0.6) is 0 Å². The number of thiazole rings is 1. The zero-order valence-corrected chi connectivity index (χ0v) is 15.2. The summed E-state index contributed by atoms with van der Waals surface area (Å²) < 4.78 is 1.44. The molecule has 1 saturated heterocycles. The second-order valence-electron chi connectivity index (χ2n) is 5.98. The highest BCUT2D eigenvalue weighted by Gasteiger charge is 2.28. The minimum Gasteiger partial charge on any atom is -0.329 e. The third-order valence-corrected chi connectivity index (χ3v) is 5.16. The number of hydrogen-bond acceptors (Lipinski definition) is 5. The van der Waals surface area contributed by atoms with Crippen LogP contribution in [0.3, 0.4) is 0 Å². The van der Waals surface area contributed by atoms with Crippen molar-refractivity contribution in [1.82, 2.24) is 14.8 Å². The largest absolute Gasteiger partial charge is 0.329 e. The van der Waals surface area contributed by atoms with Gasteiger partial charge in [-0.15, -0.1) is 0 Å². The van der Waals surface area contributed by atoms with Crippen LogP contribution in [0.15, 0.2) is 29.1 Å². The smallest absolute Gasteiger partial charge is 0.324 e. The van der Waals surface area contributed by atoms with Crippen LogP contribution in [-0.4, -0.2) is 33.9 Å². The Labute approximate surface area is 153 Å². The molecule has 0 unspecified atom stereocenters. The highest BCUT2D eigenvalue weighted by Crippen LogP contribution is 2.15. The maximum Gasteiger partial charge on any atom is 0.324 e. The van der Waals surface area contributed by atoms with Gasteiger partial charge < -0.3 is 10.6 Å². The van der Waals surface area contributed by atoms with Crippen molar-refractivity contribution in [3.63, 3.8) is 0 Å². The number of imide groups is 1. The third kappa shape index (κ3) is 3.67. The monoisotopic (exact) mass is 374 g/mol. The van der Waals surface area contributed by atoms with E-state index in [9.17, 15) is 19.2 Å². The molecule has 0 spiro atoms. The highest BCUT2D eigenvalue weighted by atomic mass is 32.1. The van der Waals surface area contributed by atoms with Gasteiger partial charge in [-0.3, -0.25) is 23.9 Å². The lowest BCUT2D eigenvalue weighted by Gasteiger charge is -2.13. The number of aromatic nitrogens is 1. The second-order valence-corrected chi connectivity index (χ2v) is 7.15. The number of nitrogens with zero attached hydrogens (tertiary/aromatic N) is 2. The van der Waals surface area contributed by atoms with Crippen molar-refractivity contribution >= 4 is 34.9 Å². The standard InChI is InChI=1S/C17H18N4O4S/c1-10-11(2)26-17(25)20(10)9-14(22)19-13-5-3-4-12(6-13)8-21-15(23)7-18-16(21)24/h3-6H,7-9H2,1-2H3,(H,18,24)(H,19,22). The van der Waals surface area contributed by atoms with Crippen molar-refractivity contribution in [3.8, 4) is 0 Å². The van der Waals surface area contributed by atoms with Gasteiger partial charge in [0.05, 0.1) is 13.1 Å². The first-order valence-corrected chi connectivity index (χ1v) is 8.80. The molecule has 2 aromatic rings. The molecule has 0 bridgehead atoms. The molecule has 8 nitrogen and oxygen atoms in total. The Kier molecular flexibility index (Phi) is 4.90. The molecule has 136 valence electrons. The molecule has 26 heavy (non-hydrogen) atoms. The molecule has 0 saturated carbocycles. The number of amides is 4. The molecule has 1 aromatic heterocycles. The van der Waals surface area contributed by atoms with Gasteiger partial charge in [0.1, 0.15) is 6.54 Å². The van der Waals surface area contributed by atoms with Crippen molar-refractivity contribution < 1.29 is 14.4 Å². The lowest BCUT2D eigenvalue weighted by molar-refractivity contribution is -0.125. The Hall–Kier alpha value is -2.94. The topological polar surface area (TPSA) is 101 Å². The Morgan fingerprint density at radius 2 is 2.04 bits per heavy atom. The normalized spacial score (nSPS) is 13.8. The summed E-state index contributed by atoms with van der Waals surface area (Å²) in [5.41, 5.74) is 2.03. The first-order chi connectivity index (χ1) is 12.3. The van der Waals surface area contributed by atoms with Gasteiger partial charge in [0.25, 0.3) is 0 Å². The molecule has 4 amide bonds. The minimum atomic E-state index is -0.424. The lowest BCUT2D eigenvalue weighted by atomic mass is 10.2. The third-order valence-electron chi connectivity index (χ3n) is 4.17. The number of carbonyl (C=O) groups is 3. The molecule has 2 N–H and O–H groups in total. The molecule has 2 heterocycles. The van der Waals surface area contributed by atoms with Crippen LogP contribution in [0.2, 0.25) is 0 Å². The molecule has 1 aliphatic heterocycles. The van der Waals surface area contributed by atoms with Crippen LogP contribution in [-0.2, 0) is 22.7 Å². The first kappa shape index (κ1) is 17.9. The van der Waals surface area contributed by atoms with Gasteiger partial charge in [-0.05, 0) is 31.5 Å². The van der Waals surface area contributed by atoms with Crippen LogP contribution in [0.25, 0.3) is 0 Å². The minimum absolute atomic E-state index is 0.00339. The van der Waals surface area contributed by atoms with Crippen molar-refractivity contribution in [1.29, 1.82) is 0 Å². The van der Waals surface area contributed by atoms with E-state index in [0.717, 1.165) is 26.8 Å². The van der Waals surface area contributed by atoms with E-state index in [2.05, 4.69) is 10.6 Å². The molecule has 9 heteroatoms. The zero-order chi connectivity index (χ0) is 18.8. The molecule has 0 atom stereocenters. The lowest BCUT2D eigenvalue weighted by Crippen LogP contribution is -2.30. The maximum absolute atomic E-state index is 12.3. The molecular weight excluding hydrogens is 356 g/mol. The number of hydrogen-bond donors (Lipinski definition) is 2. The number of carbonyl (C=O) groups excluding carboxylic acids is 3. The van der Waals surface area contributed by atoms with Gasteiger partial charge in [0.2, 0.25) is 11.8 Å². The summed E-state index contributed by atoms with van der Waals surface area (Å²) in [6, 6.07) is 6.49. The van der Waals surface area contributed by atoms with Crippen LogP contribution in [0, 0.1) is 13.8 Å². The van der Waals surface area contributed by atoms with E-state index in [-0.39, 0.29) is 36.3 Å². The average molecular weight is 374 g/mol. The van der Waals surface area contributed by atoms with Crippen molar-refractivity contribution in [2.75, 3.05) is 11.9 Å². The van der Waals surface area contributed by atoms with Gasteiger partial charge in [0, 0.05) is 16.3 Å². The fourth-order valence-electron chi connectivity index (χ4n) is 2.66. The van der Waals surface area contributed by atoms with Crippen molar-refractivity contribution in [2.24, 2.45) is 0 Å². The van der Waals surface area contributed by atoms with Crippen LogP contribution >= 0.6 is 11.3 Å². The van der Waals surface area contributed by atoms with Gasteiger partial charge in [-0.1, -0.05) is 23.5 Å². The number of aryl methyl sites for hydroxylation is 1. The predicted molar refractivity (Wildman–Crippen MR) is 97.1 cm³/mol. The van der Waals surface area contributed by atoms with Gasteiger partial charge in [-0.2, -0.15) is 0 Å². The Bertz CT molecular complexity index is 930. The molecular formula is C17H18N4O4S. The summed E-state index contributed by atoms with van der Waals surface area (Å²) in [6.07, 6.45) is 0. The van der Waals surface area contributed by atoms with E-state index in [0.29, 0.717) is 11.3 Å². The molecule has 0 aliphatic carbocycles. The van der Waals surface area contributed by atoms with E-state index in [4.69, 9.17) is 0 Å². The number of urea groups is 1. The molecule has 1 aliphatic rings. The summed E-state index contributed by atoms with van der Waals surface area (Å²) >= 11 is 1.12. The summed E-state index contributed by atoms with van der Waals surface area (Å²) in [5.74, 6) is -0.604. The SMILES string of the molecule is Cc1sc(=O)n(CC(=O)Nc2cccc(CN3C(=O)CNC3=O)c2)c1C. The van der Waals surface area contributed by atoms with Crippen LogP contribution in [0.4, 0.5) is 10.5 Å². The second kappa shape index (κ2) is 7.12. The number of rotatable bonds is 5. The summed E-state index contributed by atoms with van der Waals surface area (Å²) in [4.78, 5) is 49.3. The van der Waals surface area contributed by atoms with Gasteiger partial charge in [-0.25, -0.2) is 4.79 Å². The summed E-state index contributed by atoms with van der Waals surface area (Å²) in [6.45, 7) is 3.72. The van der Waals surface area contributed by atoms with Gasteiger partial charge in [0.15, 0.2) is 0 Å². The zero-order valence-electron chi connectivity index (χ0n) is 14.4. The number of anilines is 1. The van der Waals surface area contributed by atoms with E-state index in [1.807, 2.05) is 6.92 Å². The molecule has 3 rings (SSSR count). The van der Waals surface area contributed by atoms with E-state index in [1.165, 1.54) is 4.57 Å². The molecule has 1 aromatic carbocycles. The van der Waals surface area contributed by atoms with Crippen LogP contribution < -0.4 is 15.5 Å². The van der Waals surface area contributed by atoms with Crippen LogP contribution in [0.1, 0.15) is 16.1 Å².